The number of hydrogen-bond acceptors (Lipinski definition) is 4. The summed E-state index contributed by atoms with van der Waals surface area (Å²) in [6.45, 7) is 1.19. The van der Waals surface area contributed by atoms with E-state index in [1.165, 1.54) is 12.1 Å². The molecule has 0 aliphatic rings. The molecular weight excluding hydrogens is 272 g/mol. The fourth-order valence-electron chi connectivity index (χ4n) is 1.33. The third-order valence-electron chi connectivity index (χ3n) is 2.20. The van der Waals surface area contributed by atoms with Crippen LogP contribution in [0.5, 0.6) is 0 Å². The van der Waals surface area contributed by atoms with E-state index in [1.807, 2.05) is 0 Å². The van der Waals surface area contributed by atoms with Crippen molar-refractivity contribution < 1.29 is 23.1 Å². The molecule has 8 heteroatoms. The van der Waals surface area contributed by atoms with Crippen LogP contribution in [0, 0.1) is 6.92 Å². The maximum atomic E-state index is 11.6. The highest BCUT2D eigenvalue weighted by Crippen LogP contribution is 2.17. The highest BCUT2D eigenvalue weighted by atomic mass is 32.2. The van der Waals surface area contributed by atoms with Gasteiger partial charge in [-0.3, -0.25) is 14.3 Å². The Bertz CT molecular complexity index is 610. The summed E-state index contributed by atoms with van der Waals surface area (Å²) in [7, 11) is -3.44. The summed E-state index contributed by atoms with van der Waals surface area (Å²) in [6, 6.07) is 4.41. The van der Waals surface area contributed by atoms with E-state index in [9.17, 15) is 18.0 Å². The molecule has 1 aromatic carbocycles. The SMILES string of the molecule is Cc1ccc(C(=O)NCC(=O)O)cc1NS(C)(=O)=O. The molecular formula is C11H14N2O5S. The molecule has 0 saturated carbocycles. The minimum atomic E-state index is -3.44. The molecule has 0 fully saturated rings. The number of carbonyl (C=O) groups is 2. The van der Waals surface area contributed by atoms with Crippen LogP contribution in [0.25, 0.3) is 0 Å². The predicted octanol–water partition coefficient (Wildman–Crippen LogP) is 0.181. The minimum absolute atomic E-state index is 0.179. The van der Waals surface area contributed by atoms with Crippen LogP contribution >= 0.6 is 0 Å². The summed E-state index contributed by atoms with van der Waals surface area (Å²) in [4.78, 5) is 22.0. The van der Waals surface area contributed by atoms with Crippen molar-refractivity contribution in [3.05, 3.63) is 29.3 Å². The number of carboxylic acids is 1. The average Bonchev–Trinajstić information content (AvgIpc) is 2.27. The topological polar surface area (TPSA) is 113 Å². The van der Waals surface area contributed by atoms with Crippen LogP contribution in [-0.4, -0.2) is 38.2 Å². The van der Waals surface area contributed by atoms with Crippen LogP contribution in [0.2, 0.25) is 0 Å². The van der Waals surface area contributed by atoms with Crippen molar-refractivity contribution in [3.8, 4) is 0 Å². The first kappa shape index (κ1) is 15.0. The van der Waals surface area contributed by atoms with E-state index in [1.54, 1.807) is 13.0 Å². The Balaban J connectivity index is 2.95. The largest absolute Gasteiger partial charge is 0.480 e. The summed E-state index contributed by atoms with van der Waals surface area (Å²) in [5.74, 6) is -1.74. The summed E-state index contributed by atoms with van der Waals surface area (Å²) in [5, 5.41) is 10.6. The Kier molecular flexibility index (Phi) is 4.49. The zero-order valence-corrected chi connectivity index (χ0v) is 11.2. The van der Waals surface area contributed by atoms with Gasteiger partial charge in [-0.05, 0) is 24.6 Å². The molecule has 0 atom stereocenters. The molecule has 0 spiro atoms. The lowest BCUT2D eigenvalue weighted by Gasteiger charge is -2.10. The maximum Gasteiger partial charge on any atom is 0.322 e. The van der Waals surface area contributed by atoms with Gasteiger partial charge in [0.15, 0.2) is 0 Å². The van der Waals surface area contributed by atoms with Gasteiger partial charge in [-0.2, -0.15) is 0 Å². The van der Waals surface area contributed by atoms with E-state index >= 15 is 0 Å². The number of nitrogens with one attached hydrogen (secondary N) is 2. The van der Waals surface area contributed by atoms with Crippen LogP contribution in [0.15, 0.2) is 18.2 Å². The lowest BCUT2D eigenvalue weighted by Crippen LogP contribution is -2.29. The normalized spacial score (nSPS) is 10.8. The van der Waals surface area contributed by atoms with Gasteiger partial charge in [0.2, 0.25) is 10.0 Å². The third kappa shape index (κ3) is 4.96. The first-order chi connectivity index (χ1) is 8.69. The molecule has 0 aromatic heterocycles. The fourth-order valence-corrected chi connectivity index (χ4v) is 1.95. The van der Waals surface area contributed by atoms with E-state index in [4.69, 9.17) is 5.11 Å². The first-order valence-electron chi connectivity index (χ1n) is 5.27. The number of amides is 1. The molecule has 104 valence electrons. The molecule has 0 unspecified atom stereocenters. The Morgan fingerprint density at radius 2 is 1.95 bits per heavy atom. The van der Waals surface area contributed by atoms with Crippen LogP contribution in [0.3, 0.4) is 0 Å². The molecule has 0 bridgehead atoms. The molecule has 0 aliphatic carbocycles. The van der Waals surface area contributed by atoms with E-state index < -0.39 is 28.4 Å². The van der Waals surface area contributed by atoms with Gasteiger partial charge in [0, 0.05) is 5.56 Å². The van der Waals surface area contributed by atoms with Crippen LogP contribution in [0.4, 0.5) is 5.69 Å². The molecule has 1 amide bonds. The zero-order chi connectivity index (χ0) is 14.6. The van der Waals surface area contributed by atoms with E-state index in [2.05, 4.69) is 10.0 Å². The molecule has 7 nitrogen and oxygen atoms in total. The van der Waals surface area contributed by atoms with Gasteiger partial charge >= 0.3 is 5.97 Å². The molecule has 0 aliphatic heterocycles. The summed E-state index contributed by atoms with van der Waals surface area (Å²) in [6.07, 6.45) is 1.00. The quantitative estimate of drug-likeness (QED) is 0.714. The second-order valence-electron chi connectivity index (χ2n) is 3.98. The average molecular weight is 286 g/mol. The first-order valence-corrected chi connectivity index (χ1v) is 7.16. The summed E-state index contributed by atoms with van der Waals surface area (Å²) in [5.41, 5.74) is 1.11. The third-order valence-corrected chi connectivity index (χ3v) is 2.79. The predicted molar refractivity (Wildman–Crippen MR) is 69.6 cm³/mol. The molecule has 19 heavy (non-hydrogen) atoms. The highest BCUT2D eigenvalue weighted by molar-refractivity contribution is 7.92. The minimum Gasteiger partial charge on any atom is -0.480 e. The second kappa shape index (κ2) is 5.70. The van der Waals surface area contributed by atoms with Gasteiger partial charge in [-0.1, -0.05) is 6.07 Å². The zero-order valence-electron chi connectivity index (χ0n) is 10.4. The number of rotatable bonds is 5. The second-order valence-corrected chi connectivity index (χ2v) is 5.73. The fraction of sp³-hybridized carbons (Fsp3) is 0.273. The Morgan fingerprint density at radius 1 is 1.32 bits per heavy atom. The van der Waals surface area contributed by atoms with Gasteiger partial charge in [0.25, 0.3) is 5.91 Å². The maximum absolute atomic E-state index is 11.6. The van der Waals surface area contributed by atoms with E-state index in [0.29, 0.717) is 5.56 Å². The number of aryl methyl sites for hydroxylation is 1. The number of carboxylic acid groups (broad SMARTS) is 1. The van der Waals surface area contributed by atoms with Crippen molar-refractivity contribution >= 4 is 27.6 Å². The van der Waals surface area contributed by atoms with Crippen molar-refractivity contribution in [3.63, 3.8) is 0 Å². The number of anilines is 1. The van der Waals surface area contributed by atoms with Crippen molar-refractivity contribution in [2.24, 2.45) is 0 Å². The van der Waals surface area contributed by atoms with Crippen LogP contribution in [-0.2, 0) is 14.8 Å². The monoisotopic (exact) mass is 286 g/mol. The Hall–Kier alpha value is -2.09. The van der Waals surface area contributed by atoms with Gasteiger partial charge in [0.05, 0.1) is 11.9 Å². The number of hydrogen-bond donors (Lipinski definition) is 3. The van der Waals surface area contributed by atoms with Crippen molar-refractivity contribution in [2.45, 2.75) is 6.92 Å². The lowest BCUT2D eigenvalue weighted by atomic mass is 10.1. The molecule has 3 N–H and O–H groups in total. The van der Waals surface area contributed by atoms with E-state index in [0.717, 1.165) is 6.26 Å². The molecule has 0 saturated heterocycles. The summed E-state index contributed by atoms with van der Waals surface area (Å²) >= 11 is 0. The van der Waals surface area contributed by atoms with Crippen molar-refractivity contribution in [1.82, 2.24) is 5.32 Å². The van der Waals surface area contributed by atoms with Crippen LogP contribution < -0.4 is 10.0 Å². The number of benzene rings is 1. The van der Waals surface area contributed by atoms with Gasteiger partial charge in [-0.25, -0.2) is 8.42 Å². The summed E-state index contributed by atoms with van der Waals surface area (Å²) < 4.78 is 24.6. The molecule has 1 aromatic rings. The van der Waals surface area contributed by atoms with E-state index in [-0.39, 0.29) is 11.3 Å². The van der Waals surface area contributed by atoms with Gasteiger partial charge in [-0.15, -0.1) is 0 Å². The van der Waals surface area contributed by atoms with Gasteiger partial charge in [0.1, 0.15) is 6.54 Å². The number of carbonyl (C=O) groups excluding carboxylic acids is 1. The standard InChI is InChI=1S/C11H14N2O5S/c1-7-3-4-8(11(16)12-6-10(14)15)5-9(7)13-19(2,17)18/h3-5,13H,6H2,1-2H3,(H,12,16)(H,14,15). The van der Waals surface area contributed by atoms with Crippen molar-refractivity contribution in [2.75, 3.05) is 17.5 Å². The van der Waals surface area contributed by atoms with Crippen LogP contribution in [0.1, 0.15) is 15.9 Å². The molecule has 0 radical (unpaired) electrons. The van der Waals surface area contributed by atoms with Crippen molar-refractivity contribution in [1.29, 1.82) is 0 Å². The lowest BCUT2D eigenvalue weighted by molar-refractivity contribution is -0.135. The Labute approximate surface area is 110 Å². The number of aliphatic carboxylic acids is 1. The highest BCUT2D eigenvalue weighted by Gasteiger charge is 2.11. The number of sulfonamides is 1. The molecule has 0 heterocycles. The molecule has 1 rings (SSSR count). The van der Waals surface area contributed by atoms with Gasteiger partial charge < -0.3 is 10.4 Å². The smallest absolute Gasteiger partial charge is 0.322 e. The Morgan fingerprint density at radius 3 is 2.47 bits per heavy atom.